The van der Waals surface area contributed by atoms with Gasteiger partial charge in [-0.25, -0.2) is 9.97 Å². The molecule has 3 aromatic rings. The second kappa shape index (κ2) is 7.90. The van der Waals surface area contributed by atoms with E-state index in [1.807, 2.05) is 12.1 Å². The highest BCUT2D eigenvalue weighted by molar-refractivity contribution is 5.98. The third-order valence-electron chi connectivity index (χ3n) is 6.34. The molecule has 5 nitrogen and oxygen atoms in total. The molecule has 1 saturated heterocycles. The van der Waals surface area contributed by atoms with E-state index in [2.05, 4.69) is 64.2 Å². The Morgan fingerprint density at radius 1 is 0.867 bits per heavy atom. The molecule has 1 aromatic heterocycles. The van der Waals surface area contributed by atoms with E-state index in [0.29, 0.717) is 12.0 Å². The Kier molecular flexibility index (Phi) is 4.95. The average Bonchev–Trinajstić information content (AvgIpc) is 2.80. The average molecular weight is 399 g/mol. The van der Waals surface area contributed by atoms with Crippen LogP contribution in [0.3, 0.4) is 0 Å². The number of benzene rings is 2. The third-order valence-corrected chi connectivity index (χ3v) is 6.34. The van der Waals surface area contributed by atoms with E-state index in [9.17, 15) is 4.79 Å². The van der Waals surface area contributed by atoms with Crippen molar-refractivity contribution in [2.75, 3.05) is 36.0 Å². The third kappa shape index (κ3) is 3.56. The number of para-hydroxylation sites is 1. The van der Waals surface area contributed by atoms with Gasteiger partial charge in [0.25, 0.3) is 0 Å². The van der Waals surface area contributed by atoms with Gasteiger partial charge in [-0.1, -0.05) is 42.5 Å². The first-order chi connectivity index (χ1) is 14.7. The van der Waals surface area contributed by atoms with Crippen LogP contribution in [0.2, 0.25) is 0 Å². The predicted molar refractivity (Wildman–Crippen MR) is 119 cm³/mol. The Labute approximate surface area is 177 Å². The molecule has 0 unspecified atom stereocenters. The number of aryl methyl sites for hydroxylation is 1. The molecule has 1 atom stereocenters. The zero-order chi connectivity index (χ0) is 20.5. The Balaban J connectivity index is 1.34. The van der Waals surface area contributed by atoms with Crippen molar-refractivity contribution in [2.45, 2.75) is 25.7 Å². The smallest absolute Gasteiger partial charge is 0.225 e. The van der Waals surface area contributed by atoms with Gasteiger partial charge >= 0.3 is 0 Å². The first kappa shape index (κ1) is 18.8. The molecule has 5 rings (SSSR count). The number of Topliss-reactive ketones (excluding diaryl/α,β-unsaturated/α-hetero) is 1. The molecule has 0 spiro atoms. The Hall–Kier alpha value is -3.21. The fourth-order valence-corrected chi connectivity index (χ4v) is 4.66. The molecule has 1 fully saturated rings. The molecule has 0 saturated carbocycles. The maximum absolute atomic E-state index is 12.8. The van der Waals surface area contributed by atoms with E-state index in [1.165, 1.54) is 16.8 Å². The van der Waals surface area contributed by atoms with Gasteiger partial charge in [0.2, 0.25) is 5.95 Å². The van der Waals surface area contributed by atoms with Crippen LogP contribution in [-0.2, 0) is 6.42 Å². The van der Waals surface area contributed by atoms with Crippen LogP contribution < -0.4 is 9.80 Å². The molecule has 0 radical (unpaired) electrons. The topological polar surface area (TPSA) is 49.3 Å². The minimum Gasteiger partial charge on any atom is -0.368 e. The van der Waals surface area contributed by atoms with Crippen molar-refractivity contribution < 1.29 is 4.79 Å². The summed E-state index contributed by atoms with van der Waals surface area (Å²) in [4.78, 5) is 26.8. The minimum absolute atomic E-state index is 0.157. The Bertz CT molecular complexity index is 1060. The molecule has 2 heterocycles. The summed E-state index contributed by atoms with van der Waals surface area (Å²) in [6, 6.07) is 18.9. The molecule has 5 heteroatoms. The second-order valence-electron chi connectivity index (χ2n) is 8.22. The van der Waals surface area contributed by atoms with E-state index >= 15 is 0 Å². The summed E-state index contributed by atoms with van der Waals surface area (Å²) < 4.78 is 0. The van der Waals surface area contributed by atoms with Gasteiger partial charge in [-0.3, -0.25) is 4.79 Å². The van der Waals surface area contributed by atoms with Crippen LogP contribution in [0.5, 0.6) is 0 Å². The monoisotopic (exact) mass is 398 g/mol. The summed E-state index contributed by atoms with van der Waals surface area (Å²) in [5.74, 6) is 1.11. The summed E-state index contributed by atoms with van der Waals surface area (Å²) in [6.07, 6.45) is 3.08. The summed E-state index contributed by atoms with van der Waals surface area (Å²) in [5.41, 5.74) is 5.36. The van der Waals surface area contributed by atoms with Crippen molar-refractivity contribution in [3.8, 4) is 0 Å². The number of piperazine rings is 1. The van der Waals surface area contributed by atoms with Gasteiger partial charge in [0.1, 0.15) is 0 Å². The van der Waals surface area contributed by atoms with Gasteiger partial charge in [0.05, 0.1) is 11.3 Å². The molecule has 30 heavy (non-hydrogen) atoms. The highest BCUT2D eigenvalue weighted by Gasteiger charge is 2.29. The van der Waals surface area contributed by atoms with Crippen LogP contribution in [-0.4, -0.2) is 41.9 Å². The Morgan fingerprint density at radius 2 is 1.57 bits per heavy atom. The maximum atomic E-state index is 12.8. The van der Waals surface area contributed by atoms with Crippen molar-refractivity contribution in [1.82, 2.24) is 9.97 Å². The molecule has 1 aliphatic carbocycles. The number of nitrogens with zero attached hydrogens (tertiary/aromatic N) is 4. The highest BCUT2D eigenvalue weighted by Crippen LogP contribution is 2.33. The van der Waals surface area contributed by atoms with Crippen molar-refractivity contribution in [3.63, 3.8) is 0 Å². The summed E-state index contributed by atoms with van der Waals surface area (Å²) in [7, 11) is 0. The van der Waals surface area contributed by atoms with Gasteiger partial charge in [-0.05, 0) is 42.5 Å². The lowest BCUT2D eigenvalue weighted by atomic mass is 9.81. The van der Waals surface area contributed by atoms with Crippen molar-refractivity contribution >= 4 is 17.4 Å². The molecule has 0 N–H and O–H groups in total. The molecular formula is C25H26N4O. The molecular weight excluding hydrogens is 372 g/mol. The maximum Gasteiger partial charge on any atom is 0.225 e. The van der Waals surface area contributed by atoms with Gasteiger partial charge in [-0.2, -0.15) is 0 Å². The number of carbonyl (C=O) groups is 1. The lowest BCUT2D eigenvalue weighted by Gasteiger charge is -2.36. The van der Waals surface area contributed by atoms with Crippen molar-refractivity contribution in [3.05, 3.63) is 83.2 Å². The van der Waals surface area contributed by atoms with Crippen LogP contribution >= 0.6 is 0 Å². The number of ketones is 1. The predicted octanol–water partition coefficient (Wildman–Crippen LogP) is 4.02. The quantitative estimate of drug-likeness (QED) is 0.667. The number of fused-ring (bicyclic) bond motifs is 1. The van der Waals surface area contributed by atoms with Crippen molar-refractivity contribution in [1.29, 1.82) is 0 Å². The van der Waals surface area contributed by atoms with E-state index in [4.69, 9.17) is 4.98 Å². The fourth-order valence-electron chi connectivity index (χ4n) is 4.66. The van der Waals surface area contributed by atoms with Crippen LogP contribution in [0, 0.1) is 6.92 Å². The fraction of sp³-hybridized carbons (Fsp3) is 0.320. The second-order valence-corrected chi connectivity index (χ2v) is 8.22. The first-order valence-electron chi connectivity index (χ1n) is 10.7. The number of aromatic nitrogens is 2. The van der Waals surface area contributed by atoms with E-state index in [1.54, 1.807) is 6.20 Å². The van der Waals surface area contributed by atoms with Gasteiger partial charge < -0.3 is 9.80 Å². The number of rotatable bonds is 3. The highest BCUT2D eigenvalue weighted by atomic mass is 16.1. The van der Waals surface area contributed by atoms with E-state index in [-0.39, 0.29) is 11.7 Å². The minimum atomic E-state index is 0.157. The standard InChI is InChI=1S/C25H26N4O/c1-18-7-5-6-10-21(18)19-15-23-22(24(30)16-19)17-26-25(27-23)29-13-11-28(12-14-29)20-8-3-2-4-9-20/h2-10,17,19H,11-16H2,1H3/t19-/m0/s1. The zero-order valence-corrected chi connectivity index (χ0v) is 17.3. The first-order valence-corrected chi connectivity index (χ1v) is 10.7. The molecule has 2 aromatic carbocycles. The lowest BCUT2D eigenvalue weighted by Crippen LogP contribution is -2.47. The Morgan fingerprint density at radius 3 is 2.33 bits per heavy atom. The van der Waals surface area contributed by atoms with Crippen LogP contribution in [0.1, 0.15) is 39.5 Å². The number of anilines is 2. The van der Waals surface area contributed by atoms with Crippen molar-refractivity contribution in [2.24, 2.45) is 0 Å². The number of carbonyl (C=O) groups excluding carboxylic acids is 1. The molecule has 2 aliphatic rings. The SMILES string of the molecule is Cc1ccccc1[C@@H]1CC(=O)c2cnc(N3CCN(c4ccccc4)CC3)nc2C1. The number of hydrogen-bond donors (Lipinski definition) is 0. The lowest BCUT2D eigenvalue weighted by molar-refractivity contribution is 0.0962. The van der Waals surface area contributed by atoms with Gasteiger partial charge in [0.15, 0.2) is 5.78 Å². The van der Waals surface area contributed by atoms with E-state index in [0.717, 1.165) is 44.2 Å². The molecule has 0 bridgehead atoms. The number of hydrogen-bond acceptors (Lipinski definition) is 5. The molecule has 1 aliphatic heterocycles. The summed E-state index contributed by atoms with van der Waals surface area (Å²) in [5, 5.41) is 0. The van der Waals surface area contributed by atoms with Crippen LogP contribution in [0.15, 0.2) is 60.8 Å². The van der Waals surface area contributed by atoms with E-state index < -0.39 is 0 Å². The van der Waals surface area contributed by atoms with Crippen LogP contribution in [0.4, 0.5) is 11.6 Å². The zero-order valence-electron chi connectivity index (χ0n) is 17.3. The normalized spacial score (nSPS) is 19.0. The van der Waals surface area contributed by atoms with Gasteiger partial charge in [-0.15, -0.1) is 0 Å². The molecule has 0 amide bonds. The largest absolute Gasteiger partial charge is 0.368 e. The summed E-state index contributed by atoms with van der Waals surface area (Å²) >= 11 is 0. The van der Waals surface area contributed by atoms with Crippen LogP contribution in [0.25, 0.3) is 0 Å². The summed E-state index contributed by atoms with van der Waals surface area (Å²) in [6.45, 7) is 5.75. The van der Waals surface area contributed by atoms with Gasteiger partial charge in [0, 0.05) is 44.5 Å². The molecule has 152 valence electrons.